The summed E-state index contributed by atoms with van der Waals surface area (Å²) in [6.45, 7) is 0.543. The number of halogens is 2. The first-order valence-electron chi connectivity index (χ1n) is 7.17. The van der Waals surface area contributed by atoms with Crippen LogP contribution in [-0.4, -0.2) is 30.6 Å². The maximum atomic E-state index is 14.2. The van der Waals surface area contributed by atoms with E-state index in [9.17, 15) is 8.78 Å². The van der Waals surface area contributed by atoms with Crippen molar-refractivity contribution >= 4 is 17.4 Å². The zero-order valence-corrected chi connectivity index (χ0v) is 12.5. The quantitative estimate of drug-likeness (QED) is 0.899. The molecule has 0 spiro atoms. The molecule has 5 heteroatoms. The van der Waals surface area contributed by atoms with Gasteiger partial charge in [-0.25, -0.2) is 8.78 Å². The number of hydrogen-bond donors (Lipinski definition) is 1. The van der Waals surface area contributed by atoms with Crippen LogP contribution in [0.15, 0.2) is 12.1 Å². The fourth-order valence-electron chi connectivity index (χ4n) is 2.62. The summed E-state index contributed by atoms with van der Waals surface area (Å²) in [5.74, 6) is 1.12. The molecule has 1 saturated carbocycles. The largest absolute Gasteiger partial charge is 0.366 e. The third-order valence-corrected chi connectivity index (χ3v) is 5.20. The van der Waals surface area contributed by atoms with Gasteiger partial charge in [-0.3, -0.25) is 0 Å². The van der Waals surface area contributed by atoms with Crippen LogP contribution in [-0.2, 0) is 6.54 Å². The van der Waals surface area contributed by atoms with Crippen LogP contribution in [0.2, 0.25) is 0 Å². The minimum absolute atomic E-state index is 0.118. The smallest absolute Gasteiger partial charge is 0.149 e. The molecule has 1 aromatic carbocycles. The Morgan fingerprint density at radius 2 is 1.95 bits per heavy atom. The molecule has 1 aliphatic heterocycles. The highest BCUT2D eigenvalue weighted by Crippen LogP contribution is 2.30. The van der Waals surface area contributed by atoms with Crippen LogP contribution in [0.25, 0.3) is 0 Å². The second-order valence-electron chi connectivity index (χ2n) is 5.69. The molecule has 1 saturated heterocycles. The van der Waals surface area contributed by atoms with Crippen molar-refractivity contribution in [2.45, 2.75) is 37.9 Å². The van der Waals surface area contributed by atoms with Crippen molar-refractivity contribution in [3.05, 3.63) is 29.3 Å². The fourth-order valence-corrected chi connectivity index (χ4v) is 3.88. The summed E-state index contributed by atoms with van der Waals surface area (Å²) in [5.41, 5.74) is 0.803. The van der Waals surface area contributed by atoms with E-state index in [1.165, 1.54) is 25.0 Å². The van der Waals surface area contributed by atoms with Crippen molar-refractivity contribution in [2.75, 3.05) is 23.5 Å². The molecule has 0 bridgehead atoms. The van der Waals surface area contributed by atoms with E-state index in [0.29, 0.717) is 18.2 Å². The summed E-state index contributed by atoms with van der Waals surface area (Å²) in [6.07, 6.45) is 3.33. The summed E-state index contributed by atoms with van der Waals surface area (Å²) >= 11 is 1.84. The monoisotopic (exact) mass is 298 g/mol. The second kappa shape index (κ2) is 5.90. The van der Waals surface area contributed by atoms with Gasteiger partial charge < -0.3 is 10.2 Å². The Morgan fingerprint density at radius 3 is 2.50 bits per heavy atom. The number of rotatable bonds is 5. The minimum Gasteiger partial charge on any atom is -0.366 e. The van der Waals surface area contributed by atoms with Crippen LogP contribution < -0.4 is 10.2 Å². The first-order valence-corrected chi connectivity index (χ1v) is 8.32. The number of anilines is 1. The molecule has 0 radical (unpaired) electrons. The summed E-state index contributed by atoms with van der Waals surface area (Å²) in [7, 11) is 1.79. The minimum atomic E-state index is -0.447. The number of thioether (sulfide) groups is 1. The Hall–Kier alpha value is -0.810. The lowest BCUT2D eigenvalue weighted by Gasteiger charge is -2.27. The Bertz CT molecular complexity index is 462. The molecule has 2 nitrogen and oxygen atoms in total. The molecule has 0 aromatic heterocycles. The third kappa shape index (κ3) is 3.09. The lowest BCUT2D eigenvalue weighted by molar-refractivity contribution is 0.556. The van der Waals surface area contributed by atoms with Crippen LogP contribution in [0.3, 0.4) is 0 Å². The Morgan fingerprint density at radius 1 is 1.25 bits per heavy atom. The van der Waals surface area contributed by atoms with E-state index in [4.69, 9.17) is 0 Å². The molecule has 1 aromatic rings. The number of nitrogens with one attached hydrogen (secondary N) is 1. The van der Waals surface area contributed by atoms with Gasteiger partial charge in [-0.2, -0.15) is 11.8 Å². The van der Waals surface area contributed by atoms with E-state index >= 15 is 0 Å². The maximum Gasteiger partial charge on any atom is 0.149 e. The van der Waals surface area contributed by atoms with Gasteiger partial charge in [-0.1, -0.05) is 0 Å². The van der Waals surface area contributed by atoms with E-state index in [1.54, 1.807) is 11.9 Å². The number of benzene rings is 1. The van der Waals surface area contributed by atoms with Gasteiger partial charge in [0.25, 0.3) is 0 Å². The molecule has 1 unspecified atom stereocenters. The Balaban J connectivity index is 1.75. The fraction of sp³-hybridized carbons (Fsp3) is 0.600. The van der Waals surface area contributed by atoms with Crippen LogP contribution >= 0.6 is 11.8 Å². The molecule has 3 rings (SSSR count). The predicted octanol–water partition coefficient (Wildman–Crippen LogP) is 3.16. The van der Waals surface area contributed by atoms with E-state index < -0.39 is 11.6 Å². The number of nitrogens with zero attached hydrogens (tertiary/aromatic N) is 1. The molecular formula is C15H20F2N2S. The average Bonchev–Trinajstić information content (AvgIpc) is 3.07. The Labute approximate surface area is 122 Å². The predicted molar refractivity (Wildman–Crippen MR) is 80.4 cm³/mol. The normalized spacial score (nSPS) is 22.2. The SMILES string of the molecule is CN(c1c(F)cc(CNC2CC2)cc1F)C1CCSC1. The van der Waals surface area contributed by atoms with E-state index in [0.717, 1.165) is 17.9 Å². The third-order valence-electron chi connectivity index (χ3n) is 4.05. The lowest BCUT2D eigenvalue weighted by atomic mass is 10.1. The van der Waals surface area contributed by atoms with E-state index in [1.807, 2.05) is 11.8 Å². The Kier molecular flexibility index (Phi) is 4.17. The zero-order valence-electron chi connectivity index (χ0n) is 11.7. The highest BCUT2D eigenvalue weighted by Gasteiger charge is 2.25. The maximum absolute atomic E-state index is 14.2. The second-order valence-corrected chi connectivity index (χ2v) is 6.84. The van der Waals surface area contributed by atoms with Gasteiger partial charge in [0.15, 0.2) is 0 Å². The van der Waals surface area contributed by atoms with E-state index in [-0.39, 0.29) is 11.7 Å². The molecular weight excluding hydrogens is 278 g/mol. The van der Waals surface area contributed by atoms with E-state index in [2.05, 4.69) is 5.32 Å². The van der Waals surface area contributed by atoms with Gasteiger partial charge in [0.05, 0.1) is 0 Å². The van der Waals surface area contributed by atoms with Gasteiger partial charge in [0.1, 0.15) is 17.3 Å². The van der Waals surface area contributed by atoms with Crippen molar-refractivity contribution < 1.29 is 8.78 Å². The van der Waals surface area contributed by atoms with Gasteiger partial charge in [-0.05, 0) is 42.7 Å². The topological polar surface area (TPSA) is 15.3 Å². The molecule has 1 heterocycles. The summed E-state index contributed by atoms with van der Waals surface area (Å²) in [5, 5.41) is 3.28. The number of hydrogen-bond acceptors (Lipinski definition) is 3. The van der Waals surface area contributed by atoms with Gasteiger partial charge in [0, 0.05) is 31.4 Å². The first kappa shape index (κ1) is 14.1. The molecule has 110 valence electrons. The molecule has 2 fully saturated rings. The van der Waals surface area contributed by atoms with Crippen LogP contribution in [0, 0.1) is 11.6 Å². The first-order chi connectivity index (χ1) is 9.65. The van der Waals surface area contributed by atoms with Crippen molar-refractivity contribution in [1.29, 1.82) is 0 Å². The summed E-state index contributed by atoms with van der Waals surface area (Å²) in [6, 6.07) is 3.71. The molecule has 1 N–H and O–H groups in total. The molecule has 0 amide bonds. The van der Waals surface area contributed by atoms with Crippen LogP contribution in [0.1, 0.15) is 24.8 Å². The highest BCUT2D eigenvalue weighted by atomic mass is 32.2. The summed E-state index contributed by atoms with van der Waals surface area (Å²) in [4.78, 5) is 1.77. The molecule has 1 aliphatic carbocycles. The van der Waals surface area contributed by atoms with Crippen molar-refractivity contribution in [1.82, 2.24) is 5.32 Å². The average molecular weight is 298 g/mol. The zero-order chi connectivity index (χ0) is 14.1. The van der Waals surface area contributed by atoms with Crippen molar-refractivity contribution in [2.24, 2.45) is 0 Å². The summed E-state index contributed by atoms with van der Waals surface area (Å²) < 4.78 is 28.5. The molecule has 2 aliphatic rings. The van der Waals surface area contributed by atoms with Crippen LogP contribution in [0.4, 0.5) is 14.5 Å². The van der Waals surface area contributed by atoms with Crippen LogP contribution in [0.5, 0.6) is 0 Å². The van der Waals surface area contributed by atoms with Gasteiger partial charge >= 0.3 is 0 Å². The van der Waals surface area contributed by atoms with Crippen molar-refractivity contribution in [3.63, 3.8) is 0 Å². The highest BCUT2D eigenvalue weighted by molar-refractivity contribution is 7.99. The molecule has 1 atom stereocenters. The molecule has 20 heavy (non-hydrogen) atoms. The van der Waals surface area contributed by atoms with Gasteiger partial charge in [-0.15, -0.1) is 0 Å². The lowest BCUT2D eigenvalue weighted by Crippen LogP contribution is -2.32. The standard InChI is InChI=1S/C15H20F2N2S/c1-19(12-4-5-20-9-12)15-13(16)6-10(7-14(15)17)8-18-11-2-3-11/h6-7,11-12,18H,2-5,8-9H2,1H3. The van der Waals surface area contributed by atoms with Crippen molar-refractivity contribution in [3.8, 4) is 0 Å². The van der Waals surface area contributed by atoms with Gasteiger partial charge in [0.2, 0.25) is 0 Å².